The first-order valence-corrected chi connectivity index (χ1v) is 8.23. The third-order valence-electron chi connectivity index (χ3n) is 3.23. The van der Waals surface area contributed by atoms with E-state index < -0.39 is 0 Å². The van der Waals surface area contributed by atoms with E-state index in [-0.39, 0.29) is 28.8 Å². The van der Waals surface area contributed by atoms with E-state index in [0.29, 0.717) is 18.8 Å². The lowest BCUT2D eigenvalue weighted by Crippen LogP contribution is -2.48. The number of carbonyl (C=O) groups excluding carboxylic acids is 2. The predicted octanol–water partition coefficient (Wildman–Crippen LogP) is 2.05. The van der Waals surface area contributed by atoms with Gasteiger partial charge in [0.05, 0.1) is 13.0 Å². The third kappa shape index (κ3) is 7.06. The van der Waals surface area contributed by atoms with Crippen molar-refractivity contribution in [3.05, 3.63) is 35.4 Å². The number of ether oxygens (including phenoxy) is 1. The summed E-state index contributed by atoms with van der Waals surface area (Å²) < 4.78 is 5.08. The summed E-state index contributed by atoms with van der Waals surface area (Å²) in [6.07, 6.45) is 0.214. The molecule has 132 valence electrons. The predicted molar refractivity (Wildman–Crippen MR) is 97.6 cm³/mol. The van der Waals surface area contributed by atoms with Crippen LogP contribution in [0.4, 0.5) is 0 Å². The van der Waals surface area contributed by atoms with Crippen molar-refractivity contribution in [2.75, 3.05) is 13.2 Å². The molecule has 0 aromatic heterocycles. The molecule has 0 radical (unpaired) electrons. The van der Waals surface area contributed by atoms with Crippen LogP contribution in [0.5, 0.6) is 0 Å². The lowest BCUT2D eigenvalue weighted by atomic mass is 9.87. The largest absolute Gasteiger partial charge is 0.381 e. The van der Waals surface area contributed by atoms with Crippen LogP contribution in [0.1, 0.15) is 50.0 Å². The fraction of sp³-hybridized carbons (Fsp3) is 0.471. The van der Waals surface area contributed by atoms with Gasteiger partial charge in [0.15, 0.2) is 5.11 Å². The lowest BCUT2D eigenvalue weighted by molar-refractivity contribution is -0.122. The van der Waals surface area contributed by atoms with Crippen LogP contribution >= 0.6 is 12.2 Å². The molecule has 1 rings (SSSR count). The van der Waals surface area contributed by atoms with Gasteiger partial charge in [-0.1, -0.05) is 32.9 Å². The average Bonchev–Trinajstić information content (AvgIpc) is 2.52. The van der Waals surface area contributed by atoms with E-state index in [1.807, 2.05) is 19.1 Å². The Hall–Kier alpha value is -1.99. The van der Waals surface area contributed by atoms with Gasteiger partial charge in [0.25, 0.3) is 5.91 Å². The molecule has 0 spiro atoms. The first-order valence-electron chi connectivity index (χ1n) is 7.82. The van der Waals surface area contributed by atoms with Crippen LogP contribution in [0.2, 0.25) is 0 Å². The van der Waals surface area contributed by atoms with Gasteiger partial charge in [-0.2, -0.15) is 0 Å². The number of hydrogen-bond acceptors (Lipinski definition) is 4. The highest BCUT2D eigenvalue weighted by Gasteiger charge is 2.14. The van der Waals surface area contributed by atoms with Gasteiger partial charge in [-0.15, -0.1) is 0 Å². The number of carbonyl (C=O) groups is 2. The van der Waals surface area contributed by atoms with Crippen LogP contribution in [0.3, 0.4) is 0 Å². The van der Waals surface area contributed by atoms with Crippen molar-refractivity contribution in [3.8, 4) is 0 Å². The fourth-order valence-electron chi connectivity index (χ4n) is 1.83. The molecule has 3 N–H and O–H groups in total. The number of hydrazine groups is 1. The van der Waals surface area contributed by atoms with E-state index in [0.717, 1.165) is 5.56 Å². The summed E-state index contributed by atoms with van der Waals surface area (Å²) in [5.74, 6) is -0.605. The smallest absolute Gasteiger partial charge is 0.257 e. The number of hydrogen-bond donors (Lipinski definition) is 3. The van der Waals surface area contributed by atoms with Crippen molar-refractivity contribution < 1.29 is 14.3 Å². The summed E-state index contributed by atoms with van der Waals surface area (Å²) in [4.78, 5) is 23.6. The Labute approximate surface area is 148 Å². The van der Waals surface area contributed by atoms with E-state index in [4.69, 9.17) is 17.0 Å². The number of rotatable bonds is 5. The molecule has 7 heteroatoms. The van der Waals surface area contributed by atoms with Gasteiger partial charge in [-0.25, -0.2) is 0 Å². The molecule has 1 aromatic carbocycles. The molecule has 0 aliphatic carbocycles. The Bertz CT molecular complexity index is 580. The van der Waals surface area contributed by atoms with Crippen molar-refractivity contribution in [1.82, 2.24) is 16.2 Å². The van der Waals surface area contributed by atoms with Gasteiger partial charge in [0.2, 0.25) is 5.91 Å². The first-order chi connectivity index (χ1) is 11.2. The van der Waals surface area contributed by atoms with Crippen LogP contribution in [-0.4, -0.2) is 30.1 Å². The molecule has 2 amide bonds. The number of amides is 2. The first kappa shape index (κ1) is 20.1. The van der Waals surface area contributed by atoms with E-state index in [1.165, 1.54) is 0 Å². The van der Waals surface area contributed by atoms with E-state index >= 15 is 0 Å². The van der Waals surface area contributed by atoms with Crippen molar-refractivity contribution in [2.24, 2.45) is 0 Å². The van der Waals surface area contributed by atoms with Gasteiger partial charge in [0, 0.05) is 12.2 Å². The van der Waals surface area contributed by atoms with Crippen molar-refractivity contribution in [1.29, 1.82) is 0 Å². The van der Waals surface area contributed by atoms with Gasteiger partial charge in [-0.3, -0.25) is 25.8 Å². The van der Waals surface area contributed by atoms with E-state index in [2.05, 4.69) is 36.9 Å². The normalized spacial score (nSPS) is 10.8. The molecule has 0 bridgehead atoms. The zero-order valence-corrected chi connectivity index (χ0v) is 15.4. The molecule has 24 heavy (non-hydrogen) atoms. The van der Waals surface area contributed by atoms with Gasteiger partial charge in [0.1, 0.15) is 0 Å². The second-order valence-electron chi connectivity index (χ2n) is 6.23. The molecule has 0 unspecified atom stereocenters. The standard InChI is InChI=1S/C17H25N3O3S/c1-5-23-11-10-14(21)19-20-16(24)18-15(22)12-6-8-13(9-7-12)17(2,3)4/h6-9H,5,10-11H2,1-4H3,(H,19,21)(H2,18,20,22,24). The lowest BCUT2D eigenvalue weighted by Gasteiger charge is -2.19. The maximum Gasteiger partial charge on any atom is 0.257 e. The fourth-order valence-corrected chi connectivity index (χ4v) is 1.97. The summed E-state index contributed by atoms with van der Waals surface area (Å²) in [6.45, 7) is 9.07. The molecule has 0 aliphatic heterocycles. The molecular formula is C17H25N3O3S. The molecular weight excluding hydrogens is 326 g/mol. The molecule has 0 atom stereocenters. The minimum Gasteiger partial charge on any atom is -0.381 e. The Balaban J connectivity index is 2.44. The van der Waals surface area contributed by atoms with E-state index in [1.54, 1.807) is 12.1 Å². The quantitative estimate of drug-likeness (QED) is 0.430. The summed E-state index contributed by atoms with van der Waals surface area (Å²) in [5, 5.41) is 2.54. The maximum atomic E-state index is 12.1. The molecule has 0 aliphatic rings. The van der Waals surface area contributed by atoms with Crippen LogP contribution < -0.4 is 16.2 Å². The number of benzene rings is 1. The third-order valence-corrected chi connectivity index (χ3v) is 3.44. The zero-order chi connectivity index (χ0) is 18.2. The highest BCUT2D eigenvalue weighted by molar-refractivity contribution is 7.80. The minimum absolute atomic E-state index is 0.0254. The van der Waals surface area contributed by atoms with Crippen LogP contribution in [0.15, 0.2) is 24.3 Å². The molecule has 6 nitrogen and oxygen atoms in total. The van der Waals surface area contributed by atoms with Gasteiger partial charge in [-0.05, 0) is 42.3 Å². The van der Waals surface area contributed by atoms with E-state index in [9.17, 15) is 9.59 Å². The van der Waals surface area contributed by atoms with Crippen molar-refractivity contribution in [2.45, 2.75) is 39.5 Å². The Morgan fingerprint density at radius 2 is 1.75 bits per heavy atom. The van der Waals surface area contributed by atoms with Crippen LogP contribution in [0, 0.1) is 0 Å². The molecule has 0 heterocycles. The second-order valence-corrected chi connectivity index (χ2v) is 6.64. The Kier molecular flexibility index (Phi) is 7.81. The Morgan fingerprint density at radius 3 is 2.29 bits per heavy atom. The Morgan fingerprint density at radius 1 is 1.12 bits per heavy atom. The van der Waals surface area contributed by atoms with Crippen molar-refractivity contribution >= 4 is 29.1 Å². The SMILES string of the molecule is CCOCCC(=O)NNC(=S)NC(=O)c1ccc(C(C)(C)C)cc1. The maximum absolute atomic E-state index is 12.1. The molecule has 0 saturated heterocycles. The highest BCUT2D eigenvalue weighted by atomic mass is 32.1. The minimum atomic E-state index is -0.337. The zero-order valence-electron chi connectivity index (χ0n) is 14.6. The molecule has 0 saturated carbocycles. The topological polar surface area (TPSA) is 79.5 Å². The summed E-state index contributed by atoms with van der Waals surface area (Å²) in [6, 6.07) is 7.33. The monoisotopic (exact) mass is 351 g/mol. The van der Waals surface area contributed by atoms with Gasteiger partial charge >= 0.3 is 0 Å². The average molecular weight is 351 g/mol. The molecule has 1 aromatic rings. The summed E-state index contributed by atoms with van der Waals surface area (Å²) in [7, 11) is 0. The summed E-state index contributed by atoms with van der Waals surface area (Å²) in [5.41, 5.74) is 6.55. The molecule has 0 fully saturated rings. The number of thiocarbonyl (C=S) groups is 1. The van der Waals surface area contributed by atoms with Gasteiger partial charge < -0.3 is 4.74 Å². The van der Waals surface area contributed by atoms with Crippen LogP contribution in [0.25, 0.3) is 0 Å². The number of nitrogens with one attached hydrogen (secondary N) is 3. The van der Waals surface area contributed by atoms with Crippen molar-refractivity contribution in [3.63, 3.8) is 0 Å². The summed E-state index contributed by atoms with van der Waals surface area (Å²) >= 11 is 4.98. The van der Waals surface area contributed by atoms with Crippen LogP contribution in [-0.2, 0) is 14.9 Å². The second kappa shape index (κ2) is 9.34. The highest BCUT2D eigenvalue weighted by Crippen LogP contribution is 2.22.